The van der Waals surface area contributed by atoms with Crippen molar-refractivity contribution in [3.05, 3.63) is 0 Å². The van der Waals surface area contributed by atoms with E-state index in [1.54, 1.807) is 4.90 Å². The second kappa shape index (κ2) is 5.14. The van der Waals surface area contributed by atoms with Crippen molar-refractivity contribution in [1.82, 2.24) is 4.90 Å². The van der Waals surface area contributed by atoms with Crippen molar-refractivity contribution in [2.75, 3.05) is 6.54 Å². The molecule has 0 aromatic carbocycles. The summed E-state index contributed by atoms with van der Waals surface area (Å²) < 4.78 is 37.8. The van der Waals surface area contributed by atoms with Gasteiger partial charge in [-0.1, -0.05) is 19.3 Å². The average molecular weight is 250 g/mol. The molecular weight excluding hydrogens is 229 g/mol. The van der Waals surface area contributed by atoms with Crippen LogP contribution in [0.25, 0.3) is 0 Å². The summed E-state index contributed by atoms with van der Waals surface area (Å²) in [4.78, 5) is 1.63. The molecule has 0 bridgehead atoms. The van der Waals surface area contributed by atoms with E-state index in [1.165, 1.54) is 0 Å². The minimum atomic E-state index is -4.10. The van der Waals surface area contributed by atoms with E-state index in [-0.39, 0.29) is 18.1 Å². The van der Waals surface area contributed by atoms with Gasteiger partial charge in [0.05, 0.1) is 6.54 Å². The number of nitrogens with two attached hydrogens (primary N) is 1. The predicted octanol–water partition coefficient (Wildman–Crippen LogP) is 2.67. The van der Waals surface area contributed by atoms with Crippen LogP contribution in [0.3, 0.4) is 0 Å². The molecule has 0 aliphatic heterocycles. The lowest BCUT2D eigenvalue weighted by atomic mass is 10.0. The molecule has 0 aromatic heterocycles. The standard InChI is InChI=1S/C12H21F3N2/c13-12(14,15)8-17(9-6-7-9)11-5-3-1-2-4-10(11)16/h9-11H,1-8,16H2. The highest BCUT2D eigenvalue weighted by Gasteiger charge is 2.42. The lowest BCUT2D eigenvalue weighted by Gasteiger charge is -2.35. The topological polar surface area (TPSA) is 29.3 Å². The van der Waals surface area contributed by atoms with Crippen molar-refractivity contribution in [3.8, 4) is 0 Å². The van der Waals surface area contributed by atoms with Gasteiger partial charge < -0.3 is 5.73 Å². The first-order chi connectivity index (χ1) is 7.97. The zero-order chi connectivity index (χ0) is 12.5. The zero-order valence-electron chi connectivity index (χ0n) is 10.0. The Kier molecular flexibility index (Phi) is 3.98. The third kappa shape index (κ3) is 3.85. The number of hydrogen-bond acceptors (Lipinski definition) is 2. The molecule has 2 unspecified atom stereocenters. The van der Waals surface area contributed by atoms with Crippen LogP contribution in [0.5, 0.6) is 0 Å². The van der Waals surface area contributed by atoms with Crippen molar-refractivity contribution in [2.24, 2.45) is 5.73 Å². The Hall–Kier alpha value is -0.290. The lowest BCUT2D eigenvalue weighted by Crippen LogP contribution is -2.51. The van der Waals surface area contributed by atoms with E-state index in [9.17, 15) is 13.2 Å². The molecule has 2 fully saturated rings. The quantitative estimate of drug-likeness (QED) is 0.780. The van der Waals surface area contributed by atoms with Crippen LogP contribution in [-0.4, -0.2) is 35.7 Å². The Labute approximate surface area is 100 Å². The van der Waals surface area contributed by atoms with Crippen molar-refractivity contribution in [3.63, 3.8) is 0 Å². The first kappa shape index (κ1) is 13.1. The first-order valence-corrected chi connectivity index (χ1v) is 6.55. The highest BCUT2D eigenvalue weighted by Crippen LogP contribution is 2.35. The van der Waals surface area contributed by atoms with Gasteiger partial charge in [0.25, 0.3) is 0 Å². The van der Waals surface area contributed by atoms with E-state index in [2.05, 4.69) is 0 Å². The molecule has 2 N–H and O–H groups in total. The van der Waals surface area contributed by atoms with Crippen LogP contribution in [0.1, 0.15) is 44.9 Å². The van der Waals surface area contributed by atoms with Crippen LogP contribution in [0, 0.1) is 0 Å². The second-order valence-corrected chi connectivity index (χ2v) is 5.39. The van der Waals surface area contributed by atoms with Gasteiger partial charge in [-0.2, -0.15) is 13.2 Å². The molecule has 5 heteroatoms. The fourth-order valence-electron chi connectivity index (χ4n) is 2.86. The molecule has 0 aromatic rings. The van der Waals surface area contributed by atoms with Gasteiger partial charge in [-0.05, 0) is 25.7 Å². The van der Waals surface area contributed by atoms with E-state index in [1.807, 2.05) is 0 Å². The Morgan fingerprint density at radius 2 is 1.65 bits per heavy atom. The normalized spacial score (nSPS) is 31.6. The summed E-state index contributed by atoms with van der Waals surface area (Å²) in [6, 6.07) is -0.0159. The summed E-state index contributed by atoms with van der Waals surface area (Å²) in [5.41, 5.74) is 6.06. The minimum Gasteiger partial charge on any atom is -0.326 e. The molecule has 2 saturated carbocycles. The van der Waals surface area contributed by atoms with Crippen LogP contribution < -0.4 is 5.73 Å². The molecule has 0 saturated heterocycles. The van der Waals surface area contributed by atoms with Gasteiger partial charge in [0.2, 0.25) is 0 Å². The SMILES string of the molecule is NC1CCCCCC1N(CC(F)(F)F)C1CC1. The van der Waals surface area contributed by atoms with Gasteiger partial charge in [0, 0.05) is 18.1 Å². The first-order valence-electron chi connectivity index (χ1n) is 6.55. The van der Waals surface area contributed by atoms with Crippen LogP contribution >= 0.6 is 0 Å². The highest BCUT2D eigenvalue weighted by molar-refractivity contribution is 4.94. The highest BCUT2D eigenvalue weighted by atomic mass is 19.4. The van der Waals surface area contributed by atoms with Crippen molar-refractivity contribution in [2.45, 2.75) is 69.2 Å². The van der Waals surface area contributed by atoms with E-state index in [0.29, 0.717) is 0 Å². The Balaban J connectivity index is 2.02. The smallest absolute Gasteiger partial charge is 0.326 e. The number of alkyl halides is 3. The molecule has 2 aliphatic carbocycles. The van der Waals surface area contributed by atoms with E-state index >= 15 is 0 Å². The second-order valence-electron chi connectivity index (χ2n) is 5.39. The number of nitrogens with zero attached hydrogens (tertiary/aromatic N) is 1. The van der Waals surface area contributed by atoms with Gasteiger partial charge in [-0.25, -0.2) is 0 Å². The lowest BCUT2D eigenvalue weighted by molar-refractivity contribution is -0.153. The summed E-state index contributed by atoms with van der Waals surface area (Å²) >= 11 is 0. The molecule has 2 nitrogen and oxygen atoms in total. The Bertz CT molecular complexity index is 251. The van der Waals surface area contributed by atoms with Crippen molar-refractivity contribution >= 4 is 0 Å². The molecule has 0 heterocycles. The van der Waals surface area contributed by atoms with E-state index in [0.717, 1.165) is 44.9 Å². The van der Waals surface area contributed by atoms with Gasteiger partial charge in [-0.15, -0.1) is 0 Å². The third-order valence-corrected chi connectivity index (χ3v) is 3.84. The molecule has 0 amide bonds. The molecule has 2 rings (SSSR count). The maximum absolute atomic E-state index is 12.6. The average Bonchev–Trinajstić information content (AvgIpc) is 3.00. The molecule has 2 aliphatic rings. The van der Waals surface area contributed by atoms with Gasteiger partial charge in [-0.3, -0.25) is 4.90 Å². The summed E-state index contributed by atoms with van der Waals surface area (Å²) in [7, 11) is 0. The number of halogens is 3. The Morgan fingerprint density at radius 1 is 1.00 bits per heavy atom. The zero-order valence-corrected chi connectivity index (χ0v) is 10.0. The molecule has 17 heavy (non-hydrogen) atoms. The fourth-order valence-corrected chi connectivity index (χ4v) is 2.86. The summed E-state index contributed by atoms with van der Waals surface area (Å²) in [5.74, 6) is 0. The summed E-state index contributed by atoms with van der Waals surface area (Å²) in [6.07, 6.45) is 2.57. The molecule has 0 radical (unpaired) electrons. The molecule has 0 spiro atoms. The van der Waals surface area contributed by atoms with Gasteiger partial charge >= 0.3 is 6.18 Å². The van der Waals surface area contributed by atoms with Gasteiger partial charge in [0.1, 0.15) is 0 Å². The van der Waals surface area contributed by atoms with E-state index in [4.69, 9.17) is 5.73 Å². The number of hydrogen-bond donors (Lipinski definition) is 1. The molecule has 2 atom stereocenters. The summed E-state index contributed by atoms with van der Waals surface area (Å²) in [5, 5.41) is 0. The number of rotatable bonds is 3. The monoisotopic (exact) mass is 250 g/mol. The van der Waals surface area contributed by atoms with Crippen LogP contribution in [0.4, 0.5) is 13.2 Å². The predicted molar refractivity (Wildman–Crippen MR) is 60.6 cm³/mol. The van der Waals surface area contributed by atoms with Crippen molar-refractivity contribution in [1.29, 1.82) is 0 Å². The fraction of sp³-hybridized carbons (Fsp3) is 1.00. The van der Waals surface area contributed by atoms with Crippen molar-refractivity contribution < 1.29 is 13.2 Å². The third-order valence-electron chi connectivity index (χ3n) is 3.84. The summed E-state index contributed by atoms with van der Waals surface area (Å²) in [6.45, 7) is -0.782. The van der Waals surface area contributed by atoms with Crippen LogP contribution in [0.2, 0.25) is 0 Å². The van der Waals surface area contributed by atoms with Gasteiger partial charge in [0.15, 0.2) is 0 Å². The largest absolute Gasteiger partial charge is 0.401 e. The van der Waals surface area contributed by atoms with E-state index < -0.39 is 12.7 Å². The molecule has 100 valence electrons. The van der Waals surface area contributed by atoms with Crippen LogP contribution in [-0.2, 0) is 0 Å². The maximum Gasteiger partial charge on any atom is 0.401 e. The Morgan fingerprint density at radius 3 is 2.24 bits per heavy atom. The maximum atomic E-state index is 12.6. The molecular formula is C12H21F3N2. The minimum absolute atomic E-state index is 0.0633. The van der Waals surface area contributed by atoms with Crippen LogP contribution in [0.15, 0.2) is 0 Å².